The molecule has 1 fully saturated rings. The number of aliphatic hydroxyl groups is 1. The molecule has 1 saturated heterocycles. The van der Waals surface area contributed by atoms with Crippen molar-refractivity contribution in [3.05, 3.63) is 48.5 Å². The Morgan fingerprint density at radius 2 is 1.90 bits per heavy atom. The number of imidazole rings is 1. The number of hydrogen-bond acceptors (Lipinski definition) is 9. The monoisotopic (exact) mass is 462 g/mol. The number of ether oxygens (including phenoxy) is 2. The SMILES string of the molecule is CC(C)OC(=O)Oc1ccccc1C1OP(=O)(O)C(O)(Cn2ccnc2)P(=O)(O)O1. The molecule has 0 radical (unpaired) electrons. The van der Waals surface area contributed by atoms with Crippen LogP contribution in [0.25, 0.3) is 0 Å². The van der Waals surface area contributed by atoms with Crippen molar-refractivity contribution < 1.29 is 47.3 Å². The van der Waals surface area contributed by atoms with Gasteiger partial charge in [-0.25, -0.2) is 9.78 Å². The van der Waals surface area contributed by atoms with Crippen LogP contribution in [0.1, 0.15) is 25.7 Å². The van der Waals surface area contributed by atoms with Gasteiger partial charge in [0.15, 0.2) is 0 Å². The molecular weight excluding hydrogens is 442 g/mol. The molecule has 0 amide bonds. The van der Waals surface area contributed by atoms with Crippen molar-refractivity contribution in [3.63, 3.8) is 0 Å². The fourth-order valence-corrected chi connectivity index (χ4v) is 6.08. The highest BCUT2D eigenvalue weighted by atomic mass is 31.2. The van der Waals surface area contributed by atoms with E-state index in [4.69, 9.17) is 18.5 Å². The lowest BCUT2D eigenvalue weighted by Crippen LogP contribution is -2.39. The third-order valence-corrected chi connectivity index (χ3v) is 8.60. The molecule has 2 atom stereocenters. The summed E-state index contributed by atoms with van der Waals surface area (Å²) in [7, 11) is -10.3. The first-order chi connectivity index (χ1) is 14.0. The minimum Gasteiger partial charge on any atom is -0.431 e. The number of carbonyl (C=O) groups is 1. The molecule has 1 aromatic carbocycles. The van der Waals surface area contributed by atoms with Crippen molar-refractivity contribution in [1.82, 2.24) is 9.55 Å². The fraction of sp³-hybridized carbons (Fsp3) is 0.375. The molecule has 12 nitrogen and oxygen atoms in total. The summed E-state index contributed by atoms with van der Waals surface area (Å²) in [6, 6.07) is 5.54. The highest BCUT2D eigenvalue weighted by Gasteiger charge is 2.67. The predicted molar refractivity (Wildman–Crippen MR) is 100 cm³/mol. The van der Waals surface area contributed by atoms with Gasteiger partial charge in [0.1, 0.15) is 5.75 Å². The summed E-state index contributed by atoms with van der Waals surface area (Å²) in [5, 5.41) is 7.50. The van der Waals surface area contributed by atoms with Crippen molar-refractivity contribution >= 4 is 21.3 Å². The zero-order chi connectivity index (χ0) is 22.2. The van der Waals surface area contributed by atoms with Crippen LogP contribution in [0.15, 0.2) is 43.0 Å². The Kier molecular flexibility index (Phi) is 6.22. The van der Waals surface area contributed by atoms with E-state index >= 15 is 0 Å². The van der Waals surface area contributed by atoms with Crippen LogP contribution in [0.3, 0.4) is 0 Å². The maximum atomic E-state index is 12.8. The summed E-state index contributed by atoms with van der Waals surface area (Å²) >= 11 is 0. The number of para-hydroxylation sites is 1. The van der Waals surface area contributed by atoms with Crippen molar-refractivity contribution in [2.75, 3.05) is 0 Å². The quantitative estimate of drug-likeness (QED) is 0.339. The molecule has 1 aromatic heterocycles. The summed E-state index contributed by atoms with van der Waals surface area (Å²) < 4.78 is 46.6. The molecule has 14 heteroatoms. The van der Waals surface area contributed by atoms with Gasteiger partial charge < -0.3 is 28.9 Å². The fourth-order valence-electron chi connectivity index (χ4n) is 2.60. The number of benzene rings is 1. The Balaban J connectivity index is 1.92. The summed E-state index contributed by atoms with van der Waals surface area (Å²) in [5.41, 5.74) is -0.133. The zero-order valence-corrected chi connectivity index (χ0v) is 17.7. The first-order valence-electron chi connectivity index (χ1n) is 8.63. The molecule has 1 aliphatic heterocycles. The highest BCUT2D eigenvalue weighted by Crippen LogP contribution is 2.78. The van der Waals surface area contributed by atoms with Gasteiger partial charge in [-0.15, -0.1) is 0 Å². The second kappa shape index (κ2) is 8.24. The molecule has 0 bridgehead atoms. The minimum absolute atomic E-state index is 0.133. The predicted octanol–water partition coefficient (Wildman–Crippen LogP) is 2.57. The lowest BCUT2D eigenvalue weighted by Gasteiger charge is -2.41. The van der Waals surface area contributed by atoms with E-state index in [0.717, 1.165) is 4.57 Å². The van der Waals surface area contributed by atoms with E-state index in [1.165, 1.54) is 43.0 Å². The van der Waals surface area contributed by atoms with E-state index < -0.39 is 45.4 Å². The first kappa shape index (κ1) is 22.6. The van der Waals surface area contributed by atoms with E-state index in [-0.39, 0.29) is 11.3 Å². The van der Waals surface area contributed by atoms with Crippen LogP contribution >= 0.6 is 15.2 Å². The van der Waals surface area contributed by atoms with Crippen LogP contribution < -0.4 is 4.74 Å². The minimum atomic E-state index is -5.17. The Morgan fingerprint density at radius 1 is 1.27 bits per heavy atom. The van der Waals surface area contributed by atoms with Gasteiger partial charge in [0, 0.05) is 12.4 Å². The molecule has 2 unspecified atom stereocenters. The number of nitrogens with zero attached hydrogens (tertiary/aromatic N) is 2. The topological polar surface area (TPSA) is 167 Å². The van der Waals surface area contributed by atoms with Gasteiger partial charge in [-0.1, -0.05) is 18.2 Å². The number of hydrogen-bond donors (Lipinski definition) is 3. The van der Waals surface area contributed by atoms with Crippen LogP contribution in [-0.2, 0) is 29.5 Å². The van der Waals surface area contributed by atoms with Crippen LogP contribution in [0.4, 0.5) is 4.79 Å². The lowest BCUT2D eigenvalue weighted by molar-refractivity contribution is -0.0618. The average Bonchev–Trinajstić information content (AvgIpc) is 3.12. The summed E-state index contributed by atoms with van der Waals surface area (Å²) in [6.45, 7) is 2.41. The maximum Gasteiger partial charge on any atom is 0.514 e. The van der Waals surface area contributed by atoms with Gasteiger partial charge in [-0.3, -0.25) is 18.2 Å². The van der Waals surface area contributed by atoms with Crippen LogP contribution in [0, 0.1) is 0 Å². The maximum absolute atomic E-state index is 12.8. The third-order valence-electron chi connectivity index (χ3n) is 4.03. The third kappa shape index (κ3) is 4.35. The second-order valence-corrected chi connectivity index (χ2v) is 11.0. The molecule has 2 heterocycles. The molecular formula is C16H20N2O10P2. The standard InChI is InChI=1S/C16H20N2O10P2/c1-11(2)25-15(19)26-13-6-4-3-5-12(13)14-27-29(21,22)16(20,30(23,24)28-14)9-18-8-7-17-10-18/h3-8,10-11,14,20H,9H2,1-2H3,(H,21,22)(H,23,24). The average molecular weight is 462 g/mol. The second-order valence-electron chi connectivity index (χ2n) is 6.65. The van der Waals surface area contributed by atoms with Crippen molar-refractivity contribution in [3.8, 4) is 5.75 Å². The summed E-state index contributed by atoms with van der Waals surface area (Å²) in [5.74, 6) is -0.187. The molecule has 3 rings (SSSR count). The summed E-state index contributed by atoms with van der Waals surface area (Å²) in [4.78, 5) is 36.2. The molecule has 164 valence electrons. The molecule has 1 aliphatic rings. The zero-order valence-electron chi connectivity index (χ0n) is 15.9. The van der Waals surface area contributed by atoms with E-state index in [0.29, 0.717) is 0 Å². The van der Waals surface area contributed by atoms with Crippen molar-refractivity contribution in [2.24, 2.45) is 0 Å². The van der Waals surface area contributed by atoms with E-state index in [1.807, 2.05) is 0 Å². The Hall–Kier alpha value is -2.04. The smallest absolute Gasteiger partial charge is 0.431 e. The van der Waals surface area contributed by atoms with Gasteiger partial charge in [0.05, 0.1) is 24.5 Å². The molecule has 0 spiro atoms. The summed E-state index contributed by atoms with van der Waals surface area (Å²) in [6.07, 6.45) is 0.374. The van der Waals surface area contributed by atoms with E-state index in [2.05, 4.69) is 4.98 Å². The van der Waals surface area contributed by atoms with E-state index in [1.54, 1.807) is 13.8 Å². The van der Waals surface area contributed by atoms with Crippen LogP contribution in [0.2, 0.25) is 0 Å². The van der Waals surface area contributed by atoms with Gasteiger partial charge in [-0.05, 0) is 19.9 Å². The largest absolute Gasteiger partial charge is 0.514 e. The van der Waals surface area contributed by atoms with Crippen LogP contribution in [-0.4, -0.2) is 41.8 Å². The van der Waals surface area contributed by atoms with Crippen molar-refractivity contribution in [1.29, 1.82) is 0 Å². The van der Waals surface area contributed by atoms with Crippen molar-refractivity contribution in [2.45, 2.75) is 37.9 Å². The van der Waals surface area contributed by atoms with E-state index in [9.17, 15) is 28.8 Å². The Morgan fingerprint density at radius 3 is 2.47 bits per heavy atom. The number of rotatable bonds is 5. The molecule has 0 aliphatic carbocycles. The molecule has 0 saturated carbocycles. The molecule has 2 aromatic rings. The Labute approximate surface area is 171 Å². The Bertz CT molecular complexity index is 983. The van der Waals surface area contributed by atoms with Gasteiger partial charge >= 0.3 is 21.3 Å². The molecule has 30 heavy (non-hydrogen) atoms. The van der Waals surface area contributed by atoms with Gasteiger partial charge in [0.25, 0.3) is 5.08 Å². The number of carbonyl (C=O) groups excluding carboxylic acids is 1. The molecule has 3 N–H and O–H groups in total. The number of aromatic nitrogens is 2. The van der Waals surface area contributed by atoms with Gasteiger partial charge in [0.2, 0.25) is 6.29 Å². The van der Waals surface area contributed by atoms with Crippen LogP contribution in [0.5, 0.6) is 5.75 Å². The normalized spacial score (nSPS) is 31.5. The first-order valence-corrected chi connectivity index (χ1v) is 11.8. The van der Waals surface area contributed by atoms with Gasteiger partial charge in [-0.2, -0.15) is 0 Å². The highest BCUT2D eigenvalue weighted by molar-refractivity contribution is 7.73. The lowest BCUT2D eigenvalue weighted by atomic mass is 10.2.